The number of benzene rings is 1. The van der Waals surface area contributed by atoms with Crippen LogP contribution in [0.2, 0.25) is 0 Å². The van der Waals surface area contributed by atoms with E-state index in [4.69, 9.17) is 5.26 Å². The van der Waals surface area contributed by atoms with E-state index in [1.807, 2.05) is 6.07 Å². The summed E-state index contributed by atoms with van der Waals surface area (Å²) in [7, 11) is -4.01. The zero-order valence-corrected chi connectivity index (χ0v) is 11.5. The summed E-state index contributed by atoms with van der Waals surface area (Å²) < 4.78 is 64.2. The molecule has 0 aromatic heterocycles. The van der Waals surface area contributed by atoms with Gasteiger partial charge in [-0.1, -0.05) is 6.07 Å². The molecule has 0 aliphatic carbocycles. The third-order valence-electron chi connectivity index (χ3n) is 2.64. The highest BCUT2D eigenvalue weighted by molar-refractivity contribution is 7.89. The molecule has 0 aliphatic rings. The van der Waals surface area contributed by atoms with E-state index in [0.29, 0.717) is 6.42 Å². The average molecular weight is 306 g/mol. The zero-order chi connectivity index (χ0) is 15.4. The molecule has 0 heterocycles. The molecule has 0 saturated heterocycles. The minimum atomic E-state index is -4.60. The molecule has 0 fully saturated rings. The van der Waals surface area contributed by atoms with Gasteiger partial charge in [0.2, 0.25) is 10.0 Å². The van der Waals surface area contributed by atoms with Crippen molar-refractivity contribution >= 4 is 10.0 Å². The number of nitrogens with zero attached hydrogens (tertiary/aromatic N) is 1. The number of nitrogens with one attached hydrogen (secondary N) is 1. The zero-order valence-electron chi connectivity index (χ0n) is 10.7. The maximum absolute atomic E-state index is 12.7. The van der Waals surface area contributed by atoms with Gasteiger partial charge in [0, 0.05) is 13.0 Å². The highest BCUT2D eigenvalue weighted by atomic mass is 32.2. The third kappa shape index (κ3) is 3.95. The first kappa shape index (κ1) is 16.5. The Hall–Kier alpha value is -1.59. The summed E-state index contributed by atoms with van der Waals surface area (Å²) in [5, 5.41) is 8.33. The smallest absolute Gasteiger partial charge is 0.211 e. The van der Waals surface area contributed by atoms with Crippen LogP contribution in [-0.2, 0) is 16.2 Å². The standard InChI is InChI=1S/C12H13F3N2O2S/c1-9-10(12(13,14)15)5-4-6-11(9)20(18,19)17-8-3-2-7-16/h4-6,17H,2-3,8H2,1H3. The molecule has 0 unspecified atom stereocenters. The van der Waals surface area contributed by atoms with Crippen molar-refractivity contribution in [1.82, 2.24) is 4.72 Å². The highest BCUT2D eigenvalue weighted by Gasteiger charge is 2.34. The minimum Gasteiger partial charge on any atom is -0.211 e. The number of sulfonamides is 1. The lowest BCUT2D eigenvalue weighted by Gasteiger charge is -2.14. The molecule has 0 saturated carbocycles. The molecule has 1 rings (SSSR count). The van der Waals surface area contributed by atoms with Gasteiger partial charge in [-0.25, -0.2) is 13.1 Å². The van der Waals surface area contributed by atoms with Crippen LogP contribution in [0.1, 0.15) is 24.0 Å². The quantitative estimate of drug-likeness (QED) is 0.850. The molecule has 0 amide bonds. The molecule has 1 aromatic carbocycles. The van der Waals surface area contributed by atoms with Gasteiger partial charge in [-0.3, -0.25) is 0 Å². The van der Waals surface area contributed by atoms with Gasteiger partial charge in [-0.15, -0.1) is 0 Å². The van der Waals surface area contributed by atoms with Gasteiger partial charge in [0.25, 0.3) is 0 Å². The molecule has 1 aromatic rings. The molecule has 0 spiro atoms. The Labute approximate surface area is 115 Å². The summed E-state index contributed by atoms with van der Waals surface area (Å²) in [6, 6.07) is 4.87. The number of rotatable bonds is 5. The van der Waals surface area contributed by atoms with Gasteiger partial charge < -0.3 is 0 Å². The van der Waals surface area contributed by atoms with E-state index >= 15 is 0 Å². The van der Waals surface area contributed by atoms with Crippen LogP contribution in [-0.4, -0.2) is 15.0 Å². The minimum absolute atomic E-state index is 0.00553. The first-order chi connectivity index (χ1) is 9.20. The van der Waals surface area contributed by atoms with Gasteiger partial charge >= 0.3 is 6.18 Å². The van der Waals surface area contributed by atoms with Crippen LogP contribution in [0.3, 0.4) is 0 Å². The second-order valence-corrected chi connectivity index (χ2v) is 5.82. The lowest BCUT2D eigenvalue weighted by molar-refractivity contribution is -0.138. The van der Waals surface area contributed by atoms with E-state index in [0.717, 1.165) is 25.1 Å². The lowest BCUT2D eigenvalue weighted by Crippen LogP contribution is -2.26. The number of hydrogen-bond acceptors (Lipinski definition) is 3. The molecule has 0 atom stereocenters. The Kier molecular flexibility index (Phi) is 5.14. The average Bonchev–Trinajstić information content (AvgIpc) is 2.33. The largest absolute Gasteiger partial charge is 0.416 e. The second kappa shape index (κ2) is 6.24. The number of hydrogen-bond donors (Lipinski definition) is 1. The van der Waals surface area contributed by atoms with Crippen LogP contribution in [0.15, 0.2) is 23.1 Å². The third-order valence-corrected chi connectivity index (χ3v) is 4.24. The normalized spacial score (nSPS) is 12.2. The van der Waals surface area contributed by atoms with Crippen molar-refractivity contribution in [2.24, 2.45) is 0 Å². The monoisotopic (exact) mass is 306 g/mol. The van der Waals surface area contributed by atoms with Crippen molar-refractivity contribution in [3.8, 4) is 6.07 Å². The summed E-state index contributed by atoms with van der Waals surface area (Å²) in [6.07, 6.45) is -4.13. The van der Waals surface area contributed by atoms with Crippen LogP contribution in [0.4, 0.5) is 13.2 Å². The highest BCUT2D eigenvalue weighted by Crippen LogP contribution is 2.34. The Morgan fingerprint density at radius 2 is 2.00 bits per heavy atom. The Bertz CT molecular complexity index is 619. The van der Waals surface area contributed by atoms with Crippen LogP contribution >= 0.6 is 0 Å². The van der Waals surface area contributed by atoms with Crippen LogP contribution < -0.4 is 4.72 Å². The Balaban J connectivity index is 3.05. The fourth-order valence-electron chi connectivity index (χ4n) is 1.66. The number of halogens is 3. The molecule has 4 nitrogen and oxygen atoms in total. The van der Waals surface area contributed by atoms with Crippen molar-refractivity contribution in [3.63, 3.8) is 0 Å². The molecule has 20 heavy (non-hydrogen) atoms. The van der Waals surface area contributed by atoms with Gasteiger partial charge in [-0.2, -0.15) is 18.4 Å². The van der Waals surface area contributed by atoms with E-state index in [9.17, 15) is 21.6 Å². The Morgan fingerprint density at radius 3 is 2.55 bits per heavy atom. The summed E-state index contributed by atoms with van der Waals surface area (Å²) in [5.74, 6) is 0. The number of nitriles is 1. The van der Waals surface area contributed by atoms with Gasteiger partial charge in [0.05, 0.1) is 16.5 Å². The van der Waals surface area contributed by atoms with Crippen molar-refractivity contribution in [2.75, 3.05) is 6.54 Å². The molecule has 1 N–H and O–H groups in total. The van der Waals surface area contributed by atoms with E-state index in [-0.39, 0.29) is 18.5 Å². The summed E-state index contributed by atoms with van der Waals surface area (Å²) in [5.41, 5.74) is -1.31. The SMILES string of the molecule is Cc1c(C(F)(F)F)cccc1S(=O)(=O)NCCCC#N. The lowest BCUT2D eigenvalue weighted by atomic mass is 10.1. The van der Waals surface area contributed by atoms with Gasteiger partial charge in [0.1, 0.15) is 0 Å². The summed E-state index contributed by atoms with van der Waals surface area (Å²) in [6.45, 7) is 1.12. The number of alkyl halides is 3. The molecule has 110 valence electrons. The maximum Gasteiger partial charge on any atom is 0.416 e. The van der Waals surface area contributed by atoms with Crippen molar-refractivity contribution in [3.05, 3.63) is 29.3 Å². The van der Waals surface area contributed by atoms with E-state index < -0.39 is 26.7 Å². The molecular weight excluding hydrogens is 293 g/mol. The van der Waals surface area contributed by atoms with Crippen molar-refractivity contribution in [1.29, 1.82) is 5.26 Å². The Morgan fingerprint density at radius 1 is 1.35 bits per heavy atom. The van der Waals surface area contributed by atoms with Gasteiger partial charge in [0.15, 0.2) is 0 Å². The summed E-state index contributed by atoms with van der Waals surface area (Å²) >= 11 is 0. The van der Waals surface area contributed by atoms with Crippen LogP contribution in [0, 0.1) is 18.3 Å². The fraction of sp³-hybridized carbons (Fsp3) is 0.417. The van der Waals surface area contributed by atoms with E-state index in [2.05, 4.69) is 4.72 Å². The molecule has 8 heteroatoms. The first-order valence-electron chi connectivity index (χ1n) is 5.73. The fourth-order valence-corrected chi connectivity index (χ4v) is 3.00. The summed E-state index contributed by atoms with van der Waals surface area (Å²) in [4.78, 5) is -0.399. The van der Waals surface area contributed by atoms with Crippen molar-refractivity contribution < 1.29 is 21.6 Å². The van der Waals surface area contributed by atoms with Crippen LogP contribution in [0.25, 0.3) is 0 Å². The molecule has 0 radical (unpaired) electrons. The van der Waals surface area contributed by atoms with E-state index in [1.54, 1.807) is 0 Å². The second-order valence-electron chi connectivity index (χ2n) is 4.09. The molecule has 0 bridgehead atoms. The first-order valence-corrected chi connectivity index (χ1v) is 7.22. The molecular formula is C12H13F3N2O2S. The molecule has 0 aliphatic heterocycles. The predicted octanol–water partition coefficient (Wildman–Crippen LogP) is 2.60. The topological polar surface area (TPSA) is 70.0 Å². The predicted molar refractivity (Wildman–Crippen MR) is 66.2 cm³/mol. The maximum atomic E-state index is 12.7. The van der Waals surface area contributed by atoms with Gasteiger partial charge in [-0.05, 0) is 31.0 Å². The van der Waals surface area contributed by atoms with Crippen LogP contribution in [0.5, 0.6) is 0 Å². The van der Waals surface area contributed by atoms with E-state index in [1.165, 1.54) is 0 Å². The van der Waals surface area contributed by atoms with Crippen molar-refractivity contribution in [2.45, 2.75) is 30.8 Å². The number of unbranched alkanes of at least 4 members (excludes halogenated alkanes) is 1.